The van der Waals surface area contributed by atoms with E-state index in [9.17, 15) is 0 Å². The molecule has 0 aliphatic rings. The van der Waals surface area contributed by atoms with Gasteiger partial charge in [0.25, 0.3) is 0 Å². The molecule has 2 rings (SSSR count). The Bertz CT molecular complexity index is 601. The molecule has 1 aromatic heterocycles. The average molecular weight is 319 g/mol. The van der Waals surface area contributed by atoms with Crippen molar-refractivity contribution in [3.05, 3.63) is 46.7 Å². The Labute approximate surface area is 137 Å². The SMILES string of the molecule is CCCCCNc1cc(NCc2ccccc2Cl)nc(C)n1. The molecule has 1 aromatic carbocycles. The van der Waals surface area contributed by atoms with Crippen molar-refractivity contribution in [3.63, 3.8) is 0 Å². The summed E-state index contributed by atoms with van der Waals surface area (Å²) in [4.78, 5) is 8.83. The van der Waals surface area contributed by atoms with E-state index in [1.54, 1.807) is 0 Å². The minimum Gasteiger partial charge on any atom is -0.370 e. The number of benzene rings is 1. The van der Waals surface area contributed by atoms with E-state index >= 15 is 0 Å². The molecule has 0 unspecified atom stereocenters. The van der Waals surface area contributed by atoms with Crippen molar-refractivity contribution >= 4 is 23.2 Å². The first-order valence-corrected chi connectivity index (χ1v) is 8.13. The highest BCUT2D eigenvalue weighted by atomic mass is 35.5. The normalized spacial score (nSPS) is 10.5. The molecule has 118 valence electrons. The quantitative estimate of drug-likeness (QED) is 0.695. The van der Waals surface area contributed by atoms with Crippen LogP contribution in [0, 0.1) is 6.92 Å². The van der Waals surface area contributed by atoms with Crippen LogP contribution in [0.5, 0.6) is 0 Å². The summed E-state index contributed by atoms with van der Waals surface area (Å²) in [6.07, 6.45) is 3.60. The minimum atomic E-state index is 0.644. The van der Waals surface area contributed by atoms with Gasteiger partial charge in [-0.25, -0.2) is 9.97 Å². The summed E-state index contributed by atoms with van der Waals surface area (Å²) in [5.74, 6) is 2.43. The number of halogens is 1. The van der Waals surface area contributed by atoms with Crippen molar-refractivity contribution in [2.75, 3.05) is 17.2 Å². The maximum absolute atomic E-state index is 6.17. The molecular formula is C17H23ClN4. The van der Waals surface area contributed by atoms with E-state index < -0.39 is 0 Å². The van der Waals surface area contributed by atoms with Gasteiger partial charge in [0.15, 0.2) is 0 Å². The van der Waals surface area contributed by atoms with Crippen molar-refractivity contribution in [3.8, 4) is 0 Å². The molecule has 0 saturated carbocycles. The van der Waals surface area contributed by atoms with Gasteiger partial charge >= 0.3 is 0 Å². The first-order chi connectivity index (χ1) is 10.7. The van der Waals surface area contributed by atoms with Crippen molar-refractivity contribution < 1.29 is 0 Å². The molecule has 0 aliphatic carbocycles. The second-order valence-electron chi connectivity index (χ2n) is 5.26. The zero-order chi connectivity index (χ0) is 15.8. The molecule has 0 fully saturated rings. The van der Waals surface area contributed by atoms with Crippen molar-refractivity contribution in [2.24, 2.45) is 0 Å². The Balaban J connectivity index is 1.96. The highest BCUT2D eigenvalue weighted by Gasteiger charge is 2.03. The predicted molar refractivity (Wildman–Crippen MR) is 93.6 cm³/mol. The van der Waals surface area contributed by atoms with Gasteiger partial charge in [0.2, 0.25) is 0 Å². The van der Waals surface area contributed by atoms with E-state index in [0.29, 0.717) is 6.54 Å². The topological polar surface area (TPSA) is 49.8 Å². The number of nitrogens with one attached hydrogen (secondary N) is 2. The number of aromatic nitrogens is 2. The third-order valence-corrected chi connectivity index (χ3v) is 3.71. The molecule has 22 heavy (non-hydrogen) atoms. The first-order valence-electron chi connectivity index (χ1n) is 7.76. The Morgan fingerprint density at radius 1 is 1.05 bits per heavy atom. The Hall–Kier alpha value is -1.81. The third-order valence-electron chi connectivity index (χ3n) is 3.34. The highest BCUT2D eigenvalue weighted by Crippen LogP contribution is 2.17. The van der Waals surface area contributed by atoms with Crippen LogP contribution in [-0.2, 0) is 6.54 Å². The molecule has 2 N–H and O–H groups in total. The van der Waals surface area contributed by atoms with E-state index in [4.69, 9.17) is 11.6 Å². The van der Waals surface area contributed by atoms with Crippen molar-refractivity contribution in [1.29, 1.82) is 0 Å². The predicted octanol–water partition coefficient (Wildman–Crippen LogP) is 4.65. The summed E-state index contributed by atoms with van der Waals surface area (Å²) in [6.45, 7) is 5.68. The Morgan fingerprint density at radius 3 is 2.50 bits per heavy atom. The lowest BCUT2D eigenvalue weighted by Gasteiger charge is -2.11. The minimum absolute atomic E-state index is 0.644. The fourth-order valence-corrected chi connectivity index (χ4v) is 2.37. The first kappa shape index (κ1) is 16.6. The van der Waals surface area contributed by atoms with E-state index in [-0.39, 0.29) is 0 Å². The Morgan fingerprint density at radius 2 is 1.77 bits per heavy atom. The standard InChI is InChI=1S/C17H23ClN4/c1-3-4-7-10-19-16-11-17(22-13(2)21-16)20-12-14-8-5-6-9-15(14)18/h5-6,8-9,11H,3-4,7,10,12H2,1-2H3,(H2,19,20,21,22). The number of hydrogen-bond acceptors (Lipinski definition) is 4. The molecule has 5 heteroatoms. The molecule has 0 bridgehead atoms. The second kappa shape index (κ2) is 8.59. The largest absolute Gasteiger partial charge is 0.370 e. The zero-order valence-electron chi connectivity index (χ0n) is 13.2. The number of aryl methyl sites for hydroxylation is 1. The summed E-state index contributed by atoms with van der Waals surface area (Å²) < 4.78 is 0. The number of unbranched alkanes of at least 4 members (excludes halogenated alkanes) is 2. The van der Waals surface area contributed by atoms with Crippen LogP contribution in [0.1, 0.15) is 37.6 Å². The molecule has 2 aromatic rings. The summed E-state index contributed by atoms with van der Waals surface area (Å²) >= 11 is 6.17. The van der Waals surface area contributed by atoms with E-state index in [1.807, 2.05) is 37.3 Å². The fraction of sp³-hybridized carbons (Fsp3) is 0.412. The van der Waals surface area contributed by atoms with Crippen LogP contribution in [0.15, 0.2) is 30.3 Å². The average Bonchev–Trinajstić information content (AvgIpc) is 2.50. The summed E-state index contributed by atoms with van der Waals surface area (Å²) in [5.41, 5.74) is 1.05. The lowest BCUT2D eigenvalue weighted by molar-refractivity contribution is 0.742. The number of nitrogens with zero attached hydrogens (tertiary/aromatic N) is 2. The third kappa shape index (κ3) is 5.19. The Kier molecular flexibility index (Phi) is 6.46. The summed E-state index contributed by atoms with van der Waals surface area (Å²) in [6, 6.07) is 9.75. The van der Waals surface area contributed by atoms with Gasteiger partial charge in [0, 0.05) is 24.2 Å². The van der Waals surface area contributed by atoms with Gasteiger partial charge in [-0.15, -0.1) is 0 Å². The molecule has 0 amide bonds. The maximum atomic E-state index is 6.17. The molecule has 0 aliphatic heterocycles. The van der Waals surface area contributed by atoms with E-state index in [0.717, 1.165) is 41.0 Å². The van der Waals surface area contributed by atoms with Gasteiger partial charge in [-0.1, -0.05) is 49.6 Å². The van der Waals surface area contributed by atoms with Crippen LogP contribution in [0.2, 0.25) is 5.02 Å². The maximum Gasteiger partial charge on any atom is 0.132 e. The lowest BCUT2D eigenvalue weighted by atomic mass is 10.2. The van der Waals surface area contributed by atoms with Crippen LogP contribution in [0.25, 0.3) is 0 Å². The lowest BCUT2D eigenvalue weighted by Crippen LogP contribution is -2.08. The number of rotatable bonds is 8. The van der Waals surface area contributed by atoms with Gasteiger partial charge < -0.3 is 10.6 Å². The smallest absolute Gasteiger partial charge is 0.132 e. The monoisotopic (exact) mass is 318 g/mol. The van der Waals surface area contributed by atoms with Crippen LogP contribution >= 0.6 is 11.6 Å². The van der Waals surface area contributed by atoms with E-state index in [1.165, 1.54) is 12.8 Å². The molecule has 1 heterocycles. The van der Waals surface area contributed by atoms with Crippen LogP contribution < -0.4 is 10.6 Å². The highest BCUT2D eigenvalue weighted by molar-refractivity contribution is 6.31. The van der Waals surface area contributed by atoms with Gasteiger partial charge in [0.1, 0.15) is 17.5 Å². The second-order valence-corrected chi connectivity index (χ2v) is 5.67. The molecule has 0 spiro atoms. The summed E-state index contributed by atoms with van der Waals surface area (Å²) in [5, 5.41) is 7.42. The van der Waals surface area contributed by atoms with Crippen molar-refractivity contribution in [1.82, 2.24) is 9.97 Å². The van der Waals surface area contributed by atoms with E-state index in [2.05, 4.69) is 27.5 Å². The van der Waals surface area contributed by atoms with Gasteiger partial charge in [-0.2, -0.15) is 0 Å². The summed E-state index contributed by atoms with van der Waals surface area (Å²) in [7, 11) is 0. The van der Waals surface area contributed by atoms with Crippen LogP contribution in [-0.4, -0.2) is 16.5 Å². The molecule has 0 saturated heterocycles. The van der Waals surface area contributed by atoms with Gasteiger partial charge in [0.05, 0.1) is 0 Å². The fourth-order valence-electron chi connectivity index (χ4n) is 2.17. The molecule has 0 radical (unpaired) electrons. The van der Waals surface area contributed by atoms with Crippen LogP contribution in [0.4, 0.5) is 11.6 Å². The molecule has 0 atom stereocenters. The van der Waals surface area contributed by atoms with Gasteiger partial charge in [-0.3, -0.25) is 0 Å². The van der Waals surface area contributed by atoms with Crippen LogP contribution in [0.3, 0.4) is 0 Å². The zero-order valence-corrected chi connectivity index (χ0v) is 14.0. The number of anilines is 2. The number of hydrogen-bond donors (Lipinski definition) is 2. The van der Waals surface area contributed by atoms with Gasteiger partial charge in [-0.05, 0) is 25.0 Å². The van der Waals surface area contributed by atoms with Crippen molar-refractivity contribution in [2.45, 2.75) is 39.7 Å². The molecular weight excluding hydrogens is 296 g/mol. The molecule has 4 nitrogen and oxygen atoms in total.